The van der Waals surface area contributed by atoms with Gasteiger partial charge in [-0.3, -0.25) is 24.5 Å². The van der Waals surface area contributed by atoms with Gasteiger partial charge in [0, 0.05) is 37.7 Å². The fraction of sp³-hybridized carbons (Fsp3) is 0.714. The van der Waals surface area contributed by atoms with Gasteiger partial charge in [-0.1, -0.05) is 0 Å². The SMILES string of the molecule is Cc1cnc(CN2CC3(CCCN(C(=O)CN4CCCC4)C3)CCC2=O)cn1. The maximum atomic E-state index is 12.8. The summed E-state index contributed by atoms with van der Waals surface area (Å²) in [7, 11) is 0. The first-order valence-corrected chi connectivity index (χ1v) is 10.6. The van der Waals surface area contributed by atoms with Crippen LogP contribution in [0.25, 0.3) is 0 Å². The van der Waals surface area contributed by atoms with Gasteiger partial charge < -0.3 is 9.80 Å². The molecule has 1 aromatic heterocycles. The zero-order chi connectivity index (χ0) is 19.6. The molecule has 0 saturated carbocycles. The molecule has 3 aliphatic rings. The Morgan fingerprint density at radius 3 is 2.64 bits per heavy atom. The average Bonchev–Trinajstić information content (AvgIpc) is 3.20. The minimum absolute atomic E-state index is 0.0327. The van der Waals surface area contributed by atoms with E-state index in [9.17, 15) is 9.59 Å². The van der Waals surface area contributed by atoms with E-state index in [1.165, 1.54) is 12.8 Å². The monoisotopic (exact) mass is 385 g/mol. The molecule has 3 fully saturated rings. The lowest BCUT2D eigenvalue weighted by molar-refractivity contribution is -0.144. The molecule has 1 spiro atoms. The third-order valence-electron chi connectivity index (χ3n) is 6.51. The van der Waals surface area contributed by atoms with E-state index in [4.69, 9.17) is 0 Å². The summed E-state index contributed by atoms with van der Waals surface area (Å²) in [5, 5.41) is 0. The summed E-state index contributed by atoms with van der Waals surface area (Å²) in [5.41, 5.74) is 1.74. The number of carbonyl (C=O) groups is 2. The molecule has 0 radical (unpaired) electrons. The first-order chi connectivity index (χ1) is 13.5. The lowest BCUT2D eigenvalue weighted by atomic mass is 9.73. The van der Waals surface area contributed by atoms with E-state index in [0.29, 0.717) is 19.5 Å². The van der Waals surface area contributed by atoms with Crippen LogP contribution in [0.1, 0.15) is 49.9 Å². The molecule has 0 bridgehead atoms. The highest BCUT2D eigenvalue weighted by atomic mass is 16.2. The van der Waals surface area contributed by atoms with Gasteiger partial charge in [0.25, 0.3) is 0 Å². The van der Waals surface area contributed by atoms with Gasteiger partial charge in [-0.05, 0) is 52.1 Å². The topological polar surface area (TPSA) is 69.6 Å². The van der Waals surface area contributed by atoms with E-state index in [0.717, 1.165) is 63.4 Å². The number of piperidine rings is 2. The van der Waals surface area contributed by atoms with Gasteiger partial charge in [0.05, 0.1) is 30.7 Å². The number of aromatic nitrogens is 2. The summed E-state index contributed by atoms with van der Waals surface area (Å²) in [4.78, 5) is 40.3. The first kappa shape index (κ1) is 19.3. The van der Waals surface area contributed by atoms with Crippen LogP contribution in [0.4, 0.5) is 0 Å². The molecular formula is C21H31N5O2. The molecule has 1 atom stereocenters. The van der Waals surface area contributed by atoms with E-state index in [1.54, 1.807) is 12.4 Å². The Morgan fingerprint density at radius 2 is 1.89 bits per heavy atom. The van der Waals surface area contributed by atoms with Crippen LogP contribution in [0.2, 0.25) is 0 Å². The molecule has 4 heterocycles. The zero-order valence-corrected chi connectivity index (χ0v) is 16.9. The molecular weight excluding hydrogens is 354 g/mol. The van der Waals surface area contributed by atoms with Crippen LogP contribution in [0.3, 0.4) is 0 Å². The third-order valence-corrected chi connectivity index (χ3v) is 6.51. The van der Waals surface area contributed by atoms with Gasteiger partial charge in [-0.25, -0.2) is 0 Å². The van der Waals surface area contributed by atoms with E-state index >= 15 is 0 Å². The molecule has 0 N–H and O–H groups in total. The van der Waals surface area contributed by atoms with Crippen LogP contribution in [-0.4, -0.2) is 75.8 Å². The predicted molar refractivity (Wildman–Crippen MR) is 105 cm³/mol. The van der Waals surface area contributed by atoms with E-state index in [2.05, 4.69) is 19.8 Å². The molecule has 7 heteroatoms. The molecule has 1 unspecified atom stereocenters. The van der Waals surface area contributed by atoms with Crippen molar-refractivity contribution in [2.45, 2.75) is 52.0 Å². The smallest absolute Gasteiger partial charge is 0.236 e. The van der Waals surface area contributed by atoms with Crippen molar-refractivity contribution in [1.82, 2.24) is 24.7 Å². The molecule has 2 amide bonds. The summed E-state index contributed by atoms with van der Waals surface area (Å²) in [6.07, 6.45) is 9.48. The summed E-state index contributed by atoms with van der Waals surface area (Å²) in [5.74, 6) is 0.447. The maximum absolute atomic E-state index is 12.8. The molecule has 1 aromatic rings. The summed E-state index contributed by atoms with van der Waals surface area (Å²) in [6, 6.07) is 0. The minimum atomic E-state index is 0.0327. The van der Waals surface area contributed by atoms with Gasteiger partial charge in [0.15, 0.2) is 0 Å². The second-order valence-corrected chi connectivity index (χ2v) is 8.80. The second-order valence-electron chi connectivity index (χ2n) is 8.80. The quantitative estimate of drug-likeness (QED) is 0.788. The fourth-order valence-electron chi connectivity index (χ4n) is 4.93. The van der Waals surface area contributed by atoms with E-state index in [-0.39, 0.29) is 17.2 Å². The highest BCUT2D eigenvalue weighted by Gasteiger charge is 2.42. The Labute approximate surface area is 167 Å². The molecule has 0 aliphatic carbocycles. The second kappa shape index (κ2) is 8.15. The van der Waals surface area contributed by atoms with Crippen LogP contribution in [0.15, 0.2) is 12.4 Å². The lowest BCUT2D eigenvalue weighted by Crippen LogP contribution is -2.55. The molecule has 7 nitrogen and oxygen atoms in total. The number of likely N-dealkylation sites (tertiary alicyclic amines) is 3. The average molecular weight is 386 g/mol. The Hall–Kier alpha value is -2.02. The van der Waals surface area contributed by atoms with Gasteiger partial charge in [0.1, 0.15) is 0 Å². The summed E-state index contributed by atoms with van der Waals surface area (Å²) >= 11 is 0. The van der Waals surface area contributed by atoms with Crippen molar-refractivity contribution in [3.63, 3.8) is 0 Å². The predicted octanol–water partition coefficient (Wildman–Crippen LogP) is 1.61. The first-order valence-electron chi connectivity index (χ1n) is 10.6. The van der Waals surface area contributed by atoms with E-state index < -0.39 is 0 Å². The number of aryl methyl sites for hydroxylation is 1. The number of hydrogen-bond donors (Lipinski definition) is 0. The summed E-state index contributed by atoms with van der Waals surface area (Å²) < 4.78 is 0. The highest BCUT2D eigenvalue weighted by Crippen LogP contribution is 2.39. The number of nitrogens with zero attached hydrogens (tertiary/aromatic N) is 5. The standard InChI is InChI=1S/C21H31N5O2/c1-17-11-23-18(12-22-17)13-26-16-21(7-5-19(26)27)6-4-10-25(15-21)20(28)14-24-8-2-3-9-24/h11-12H,2-10,13-16H2,1H3. The third kappa shape index (κ3) is 4.35. The molecule has 0 aromatic carbocycles. The maximum Gasteiger partial charge on any atom is 0.236 e. The van der Waals surface area contributed by atoms with Crippen LogP contribution in [0.5, 0.6) is 0 Å². The Kier molecular flexibility index (Phi) is 5.62. The van der Waals surface area contributed by atoms with Crippen molar-refractivity contribution in [3.8, 4) is 0 Å². The van der Waals surface area contributed by atoms with Crippen molar-refractivity contribution < 1.29 is 9.59 Å². The number of rotatable bonds is 4. The van der Waals surface area contributed by atoms with Gasteiger partial charge in [-0.15, -0.1) is 0 Å². The summed E-state index contributed by atoms with van der Waals surface area (Å²) in [6.45, 7) is 7.42. The molecule has 4 rings (SSSR count). The fourth-order valence-corrected chi connectivity index (χ4v) is 4.93. The van der Waals surface area contributed by atoms with Crippen molar-refractivity contribution >= 4 is 11.8 Å². The van der Waals surface area contributed by atoms with Gasteiger partial charge in [-0.2, -0.15) is 0 Å². The van der Waals surface area contributed by atoms with Crippen molar-refractivity contribution in [3.05, 3.63) is 23.8 Å². The van der Waals surface area contributed by atoms with E-state index in [1.807, 2.05) is 11.8 Å². The van der Waals surface area contributed by atoms with Crippen LogP contribution < -0.4 is 0 Å². The highest BCUT2D eigenvalue weighted by molar-refractivity contribution is 5.79. The van der Waals surface area contributed by atoms with Crippen LogP contribution >= 0.6 is 0 Å². The van der Waals surface area contributed by atoms with Gasteiger partial charge in [0.2, 0.25) is 11.8 Å². The van der Waals surface area contributed by atoms with Crippen LogP contribution in [-0.2, 0) is 16.1 Å². The number of hydrogen-bond acceptors (Lipinski definition) is 5. The van der Waals surface area contributed by atoms with Crippen molar-refractivity contribution in [1.29, 1.82) is 0 Å². The van der Waals surface area contributed by atoms with Gasteiger partial charge >= 0.3 is 0 Å². The zero-order valence-electron chi connectivity index (χ0n) is 16.9. The van der Waals surface area contributed by atoms with Crippen molar-refractivity contribution in [2.24, 2.45) is 5.41 Å². The lowest BCUT2D eigenvalue weighted by Gasteiger charge is -2.48. The molecule has 3 saturated heterocycles. The normalized spacial score (nSPS) is 26.2. The molecule has 28 heavy (non-hydrogen) atoms. The Balaban J connectivity index is 1.40. The number of carbonyl (C=O) groups excluding carboxylic acids is 2. The van der Waals surface area contributed by atoms with Crippen LogP contribution in [0, 0.1) is 12.3 Å². The largest absolute Gasteiger partial charge is 0.341 e. The Bertz CT molecular complexity index is 716. The Morgan fingerprint density at radius 1 is 1.07 bits per heavy atom. The number of amides is 2. The molecule has 152 valence electrons. The van der Waals surface area contributed by atoms with Crippen molar-refractivity contribution in [2.75, 3.05) is 39.3 Å². The minimum Gasteiger partial charge on any atom is -0.341 e. The molecule has 3 aliphatic heterocycles.